The summed E-state index contributed by atoms with van der Waals surface area (Å²) in [6.45, 7) is 15.6. The van der Waals surface area contributed by atoms with Gasteiger partial charge in [0.05, 0.1) is 4.91 Å². The van der Waals surface area contributed by atoms with Crippen LogP contribution < -0.4 is 10.2 Å². The van der Waals surface area contributed by atoms with Gasteiger partial charge in [-0.3, -0.25) is 19.3 Å². The fourth-order valence-corrected chi connectivity index (χ4v) is 6.17. The van der Waals surface area contributed by atoms with E-state index in [9.17, 15) is 14.4 Å². The molecule has 0 saturated carbocycles. The molecule has 4 rings (SSSR count). The topological polar surface area (TPSA) is 69.7 Å². The summed E-state index contributed by atoms with van der Waals surface area (Å²) in [5.74, 6) is -0.445. The van der Waals surface area contributed by atoms with Crippen molar-refractivity contribution < 1.29 is 14.4 Å². The Labute approximate surface area is 218 Å². The van der Waals surface area contributed by atoms with Gasteiger partial charge in [-0.1, -0.05) is 13.0 Å². The molecule has 0 bridgehead atoms. The Balaban J connectivity index is 1.55. The van der Waals surface area contributed by atoms with Gasteiger partial charge in [0.2, 0.25) is 5.91 Å². The van der Waals surface area contributed by atoms with E-state index in [1.807, 2.05) is 39.0 Å². The van der Waals surface area contributed by atoms with E-state index < -0.39 is 17.1 Å². The molecule has 190 valence electrons. The number of amides is 3. The van der Waals surface area contributed by atoms with E-state index in [4.69, 9.17) is 0 Å². The maximum absolute atomic E-state index is 13.1. The van der Waals surface area contributed by atoms with Crippen molar-refractivity contribution in [3.63, 3.8) is 0 Å². The van der Waals surface area contributed by atoms with Crippen LogP contribution in [0.5, 0.6) is 0 Å². The Hall–Kier alpha value is -3.06. The molecular weight excluding hydrogens is 470 g/mol. The number of thioether (sulfide) groups is 1. The van der Waals surface area contributed by atoms with Crippen LogP contribution in [0, 0.1) is 20.8 Å². The van der Waals surface area contributed by atoms with E-state index in [2.05, 4.69) is 50.0 Å². The van der Waals surface area contributed by atoms with Gasteiger partial charge in [-0.15, -0.1) is 0 Å². The van der Waals surface area contributed by atoms with Crippen molar-refractivity contribution in [3.8, 4) is 0 Å². The average molecular weight is 506 g/mol. The largest absolute Gasteiger partial charge is 0.366 e. The molecule has 0 unspecified atom stereocenters. The summed E-state index contributed by atoms with van der Waals surface area (Å²) in [5.41, 5.74) is 7.40. The molecule has 36 heavy (non-hydrogen) atoms. The first-order chi connectivity index (χ1) is 16.9. The molecule has 7 heteroatoms. The highest BCUT2D eigenvalue weighted by Crippen LogP contribution is 2.45. The van der Waals surface area contributed by atoms with Crippen LogP contribution in [0.1, 0.15) is 67.9 Å². The second-order valence-electron chi connectivity index (χ2n) is 10.5. The first kappa shape index (κ1) is 26.0. The summed E-state index contributed by atoms with van der Waals surface area (Å²) < 4.78 is 0. The van der Waals surface area contributed by atoms with Gasteiger partial charge in [0.25, 0.3) is 11.1 Å². The third kappa shape index (κ3) is 4.94. The van der Waals surface area contributed by atoms with Gasteiger partial charge in [0, 0.05) is 23.5 Å². The predicted octanol–water partition coefficient (Wildman–Crippen LogP) is 6.40. The summed E-state index contributed by atoms with van der Waals surface area (Å²) in [4.78, 5) is 42.1. The molecule has 2 aromatic carbocycles. The predicted molar refractivity (Wildman–Crippen MR) is 149 cm³/mol. The number of hydrogen-bond acceptors (Lipinski definition) is 5. The number of carbonyl (C=O) groups excluding carboxylic acids is 3. The monoisotopic (exact) mass is 505 g/mol. The maximum Gasteiger partial charge on any atom is 0.294 e. The van der Waals surface area contributed by atoms with Crippen molar-refractivity contribution in [1.29, 1.82) is 0 Å². The van der Waals surface area contributed by atoms with Crippen LogP contribution in [0.3, 0.4) is 0 Å². The number of benzene rings is 2. The average Bonchev–Trinajstić information content (AvgIpc) is 3.04. The summed E-state index contributed by atoms with van der Waals surface area (Å²) in [7, 11) is 0. The van der Waals surface area contributed by atoms with Gasteiger partial charge in [0.1, 0.15) is 6.54 Å². The van der Waals surface area contributed by atoms with Crippen LogP contribution >= 0.6 is 11.8 Å². The molecule has 1 saturated heterocycles. The second-order valence-corrected chi connectivity index (χ2v) is 11.5. The van der Waals surface area contributed by atoms with Crippen LogP contribution in [-0.4, -0.2) is 40.6 Å². The molecule has 1 atom stereocenters. The Morgan fingerprint density at radius 2 is 1.83 bits per heavy atom. The molecule has 0 radical (unpaired) electrons. The van der Waals surface area contributed by atoms with Crippen LogP contribution in [0.2, 0.25) is 0 Å². The van der Waals surface area contributed by atoms with Crippen molar-refractivity contribution in [2.75, 3.05) is 23.3 Å². The van der Waals surface area contributed by atoms with Gasteiger partial charge < -0.3 is 10.2 Å². The highest BCUT2D eigenvalue weighted by molar-refractivity contribution is 8.18. The van der Waals surface area contributed by atoms with Crippen molar-refractivity contribution in [1.82, 2.24) is 4.90 Å². The van der Waals surface area contributed by atoms with Crippen molar-refractivity contribution in [3.05, 3.63) is 63.1 Å². The molecule has 2 aliphatic rings. The molecule has 6 nitrogen and oxygen atoms in total. The number of hydrogen-bond donors (Lipinski definition) is 1. The summed E-state index contributed by atoms with van der Waals surface area (Å²) in [6, 6.07) is 9.98. The molecule has 1 N–H and O–H groups in total. The van der Waals surface area contributed by atoms with E-state index in [0.29, 0.717) is 16.5 Å². The lowest BCUT2D eigenvalue weighted by molar-refractivity contribution is -0.127. The SMILES string of the molecule is CCN1c2cc(C)c(/C=C3\SC(=O)N(CC(=O)Nc4ccc(C)c(C)c4)C3=O)cc2[C@@H](C)CC1(C)C. The molecule has 1 fully saturated rings. The molecular formula is C29H35N3O3S. The van der Waals surface area contributed by atoms with E-state index in [1.54, 1.807) is 6.08 Å². The minimum absolute atomic E-state index is 0.0790. The summed E-state index contributed by atoms with van der Waals surface area (Å²) in [5, 5.41) is 2.36. The van der Waals surface area contributed by atoms with Crippen molar-refractivity contribution in [2.24, 2.45) is 0 Å². The number of rotatable bonds is 5. The number of nitrogens with zero attached hydrogens (tertiary/aromatic N) is 2. The van der Waals surface area contributed by atoms with E-state index in [0.717, 1.165) is 51.9 Å². The minimum atomic E-state index is -0.429. The zero-order valence-corrected chi connectivity index (χ0v) is 23.0. The lowest BCUT2D eigenvalue weighted by Crippen LogP contribution is -2.48. The normalized spacial score (nSPS) is 20.2. The minimum Gasteiger partial charge on any atom is -0.366 e. The van der Waals surface area contributed by atoms with Gasteiger partial charge in [-0.05, 0) is 124 Å². The number of aryl methyl sites for hydroxylation is 3. The Bertz CT molecular complexity index is 1280. The van der Waals surface area contributed by atoms with Crippen LogP contribution in [0.15, 0.2) is 35.2 Å². The van der Waals surface area contributed by atoms with E-state index in [1.165, 1.54) is 11.3 Å². The van der Waals surface area contributed by atoms with Gasteiger partial charge in [-0.25, -0.2) is 0 Å². The fraction of sp³-hybridized carbons (Fsp3) is 0.414. The first-order valence-corrected chi connectivity index (χ1v) is 13.3. The molecule has 0 aliphatic carbocycles. The quantitative estimate of drug-likeness (QED) is 0.476. The third-order valence-electron chi connectivity index (χ3n) is 7.34. The van der Waals surface area contributed by atoms with Crippen molar-refractivity contribution >= 4 is 46.3 Å². The Morgan fingerprint density at radius 3 is 2.50 bits per heavy atom. The van der Waals surface area contributed by atoms with Crippen LogP contribution in [0.4, 0.5) is 16.2 Å². The highest BCUT2D eigenvalue weighted by Gasteiger charge is 2.38. The molecule has 2 aliphatic heterocycles. The molecule has 3 amide bonds. The Morgan fingerprint density at radius 1 is 1.11 bits per heavy atom. The van der Waals surface area contributed by atoms with Gasteiger partial charge in [-0.2, -0.15) is 0 Å². The number of anilines is 2. The van der Waals surface area contributed by atoms with Crippen LogP contribution in [-0.2, 0) is 9.59 Å². The Kier molecular flexibility index (Phi) is 7.06. The zero-order valence-electron chi connectivity index (χ0n) is 22.2. The fourth-order valence-electron chi connectivity index (χ4n) is 5.35. The van der Waals surface area contributed by atoms with E-state index in [-0.39, 0.29) is 12.1 Å². The highest BCUT2D eigenvalue weighted by atomic mass is 32.2. The van der Waals surface area contributed by atoms with Crippen LogP contribution in [0.25, 0.3) is 6.08 Å². The lowest BCUT2D eigenvalue weighted by atomic mass is 9.79. The maximum atomic E-state index is 13.1. The number of imide groups is 1. The number of carbonyl (C=O) groups is 3. The lowest BCUT2D eigenvalue weighted by Gasteiger charge is -2.47. The van der Waals surface area contributed by atoms with E-state index >= 15 is 0 Å². The standard InChI is InChI=1S/C29H35N3O3S/c1-8-32-24-12-19(4)21(13-23(24)20(5)15-29(32,6)7)14-25-27(34)31(28(35)36-25)16-26(33)30-22-10-9-17(2)18(3)11-22/h9-14,20H,8,15-16H2,1-7H3,(H,30,33)/b25-14-/t20-/m0/s1. The number of fused-ring (bicyclic) bond motifs is 1. The first-order valence-electron chi connectivity index (χ1n) is 12.5. The zero-order chi connectivity index (χ0) is 26.4. The van der Waals surface area contributed by atoms with Gasteiger partial charge >= 0.3 is 0 Å². The molecule has 2 heterocycles. The van der Waals surface area contributed by atoms with Crippen molar-refractivity contribution in [2.45, 2.75) is 66.3 Å². The smallest absolute Gasteiger partial charge is 0.294 e. The third-order valence-corrected chi connectivity index (χ3v) is 8.25. The molecule has 0 aromatic heterocycles. The number of nitrogens with one attached hydrogen (secondary N) is 1. The molecule has 2 aromatic rings. The molecule has 0 spiro atoms. The van der Waals surface area contributed by atoms with Gasteiger partial charge in [0.15, 0.2) is 0 Å². The summed E-state index contributed by atoms with van der Waals surface area (Å²) >= 11 is 0.889. The second kappa shape index (κ2) is 9.77. The summed E-state index contributed by atoms with van der Waals surface area (Å²) in [6.07, 6.45) is 2.84.